The van der Waals surface area contributed by atoms with Crippen LogP contribution in [-0.2, 0) is 17.6 Å². The van der Waals surface area contributed by atoms with Crippen molar-refractivity contribution in [2.24, 2.45) is 0 Å². The van der Waals surface area contributed by atoms with Crippen LogP contribution in [0.3, 0.4) is 0 Å². The first-order chi connectivity index (χ1) is 10.5. The first-order valence-corrected chi connectivity index (χ1v) is 7.23. The number of aromatic nitrogens is 3. The second-order valence-electron chi connectivity index (χ2n) is 4.66. The van der Waals surface area contributed by atoms with Gasteiger partial charge in [0.25, 0.3) is 5.56 Å². The predicted octanol–water partition coefficient (Wildman–Crippen LogP) is 1.51. The molecule has 0 unspecified atom stereocenters. The van der Waals surface area contributed by atoms with Crippen molar-refractivity contribution in [2.45, 2.75) is 12.8 Å². The van der Waals surface area contributed by atoms with E-state index < -0.39 is 11.5 Å². The number of carbonyl (C=O) groups is 1. The summed E-state index contributed by atoms with van der Waals surface area (Å²) in [7, 11) is 0. The van der Waals surface area contributed by atoms with Crippen molar-refractivity contribution in [2.75, 3.05) is 0 Å². The minimum absolute atomic E-state index is 0.189. The van der Waals surface area contributed by atoms with E-state index in [1.165, 1.54) is 16.6 Å². The first-order valence-electron chi connectivity index (χ1n) is 6.35. The van der Waals surface area contributed by atoms with E-state index in [9.17, 15) is 14.0 Å². The Balaban J connectivity index is 2.01. The number of hydrogen-bond acceptors (Lipinski definition) is 5. The van der Waals surface area contributed by atoms with E-state index in [0.717, 1.165) is 16.9 Å². The molecule has 1 aromatic carbocycles. The summed E-state index contributed by atoms with van der Waals surface area (Å²) in [5, 5.41) is 14.7. The smallest absolute Gasteiger partial charge is 0.309 e. The Morgan fingerprint density at radius 1 is 1.32 bits per heavy atom. The lowest BCUT2D eigenvalue weighted by atomic mass is 10.1. The molecule has 0 aliphatic carbocycles. The van der Waals surface area contributed by atoms with Crippen LogP contribution >= 0.6 is 11.3 Å². The number of carboxylic acid groups (broad SMARTS) is 1. The topological polar surface area (TPSA) is 84.6 Å². The number of fused-ring (bicyclic) bond motifs is 1. The number of carboxylic acids is 1. The molecule has 1 N–H and O–H groups in total. The number of hydrogen-bond donors (Lipinski definition) is 1. The van der Waals surface area contributed by atoms with Crippen molar-refractivity contribution < 1.29 is 14.3 Å². The highest BCUT2D eigenvalue weighted by atomic mass is 32.1. The van der Waals surface area contributed by atoms with E-state index >= 15 is 0 Å². The number of aliphatic carboxylic acids is 1. The Hall–Kier alpha value is -2.61. The van der Waals surface area contributed by atoms with Gasteiger partial charge in [0.05, 0.1) is 12.1 Å². The van der Waals surface area contributed by atoms with E-state index in [0.29, 0.717) is 10.7 Å². The summed E-state index contributed by atoms with van der Waals surface area (Å²) in [4.78, 5) is 27.1. The molecule has 0 saturated carbocycles. The van der Waals surface area contributed by atoms with Crippen molar-refractivity contribution in [1.29, 1.82) is 0 Å². The summed E-state index contributed by atoms with van der Waals surface area (Å²) in [6.07, 6.45) is 0.00491. The van der Waals surface area contributed by atoms with Crippen LogP contribution in [0.25, 0.3) is 4.96 Å². The third kappa shape index (κ3) is 2.86. The van der Waals surface area contributed by atoms with Crippen LogP contribution in [-0.4, -0.2) is 25.7 Å². The Morgan fingerprint density at radius 3 is 2.73 bits per heavy atom. The standard InChI is InChI=1S/C14H10FN3O3S/c15-9-3-1-8(2-4-9)5-11-13(21)16-14-18(17-11)10(7-22-14)6-12(19)20/h1-4,7H,5-6H2,(H,19,20). The van der Waals surface area contributed by atoms with Gasteiger partial charge in [0, 0.05) is 11.8 Å². The predicted molar refractivity (Wildman–Crippen MR) is 77.7 cm³/mol. The highest BCUT2D eigenvalue weighted by Gasteiger charge is 2.13. The van der Waals surface area contributed by atoms with Gasteiger partial charge in [-0.3, -0.25) is 9.59 Å². The number of rotatable bonds is 4. The van der Waals surface area contributed by atoms with Crippen LogP contribution in [0.5, 0.6) is 0 Å². The lowest BCUT2D eigenvalue weighted by Crippen LogP contribution is -2.19. The molecular weight excluding hydrogens is 309 g/mol. The van der Waals surface area contributed by atoms with Crippen molar-refractivity contribution in [3.05, 3.63) is 62.8 Å². The Morgan fingerprint density at radius 2 is 2.05 bits per heavy atom. The summed E-state index contributed by atoms with van der Waals surface area (Å²) in [6.45, 7) is 0. The van der Waals surface area contributed by atoms with Crippen LogP contribution in [0.2, 0.25) is 0 Å². The summed E-state index contributed by atoms with van der Waals surface area (Å²) in [5.74, 6) is -1.34. The lowest BCUT2D eigenvalue weighted by Gasteiger charge is -2.02. The molecule has 112 valence electrons. The number of thiazole rings is 1. The van der Waals surface area contributed by atoms with Gasteiger partial charge in [0.1, 0.15) is 11.5 Å². The average molecular weight is 319 g/mol. The molecule has 6 nitrogen and oxygen atoms in total. The minimum Gasteiger partial charge on any atom is -0.481 e. The minimum atomic E-state index is -0.986. The maximum absolute atomic E-state index is 12.9. The van der Waals surface area contributed by atoms with Gasteiger partial charge < -0.3 is 5.11 Å². The first kappa shape index (κ1) is 14.3. The molecule has 22 heavy (non-hydrogen) atoms. The zero-order chi connectivity index (χ0) is 15.7. The molecule has 0 amide bonds. The second kappa shape index (κ2) is 5.64. The van der Waals surface area contributed by atoms with E-state index in [4.69, 9.17) is 5.11 Å². The van der Waals surface area contributed by atoms with Crippen molar-refractivity contribution in [3.8, 4) is 0 Å². The normalized spacial score (nSPS) is 11.0. The van der Waals surface area contributed by atoms with E-state index in [2.05, 4.69) is 10.1 Å². The van der Waals surface area contributed by atoms with Gasteiger partial charge in [-0.2, -0.15) is 10.1 Å². The van der Waals surface area contributed by atoms with Crippen LogP contribution in [0.4, 0.5) is 4.39 Å². The molecule has 0 aliphatic rings. The molecule has 2 aromatic heterocycles. The Labute approximate surface area is 127 Å². The molecule has 3 aromatic rings. The third-order valence-electron chi connectivity index (χ3n) is 3.04. The summed E-state index contributed by atoms with van der Waals surface area (Å²) in [5.41, 5.74) is 0.908. The molecule has 0 aliphatic heterocycles. The second-order valence-corrected chi connectivity index (χ2v) is 5.50. The van der Waals surface area contributed by atoms with E-state index in [-0.39, 0.29) is 24.4 Å². The average Bonchev–Trinajstić information content (AvgIpc) is 2.83. The fourth-order valence-electron chi connectivity index (χ4n) is 2.02. The van der Waals surface area contributed by atoms with Crippen LogP contribution in [0.1, 0.15) is 17.0 Å². The van der Waals surface area contributed by atoms with Crippen molar-refractivity contribution >= 4 is 22.3 Å². The third-order valence-corrected chi connectivity index (χ3v) is 3.90. The monoisotopic (exact) mass is 319 g/mol. The molecular formula is C14H10FN3O3S. The summed E-state index contributed by atoms with van der Waals surface area (Å²) < 4.78 is 14.3. The highest BCUT2D eigenvalue weighted by molar-refractivity contribution is 7.15. The fraction of sp³-hybridized carbons (Fsp3) is 0.143. The van der Waals surface area contributed by atoms with E-state index in [1.54, 1.807) is 17.5 Å². The Kier molecular flexibility index (Phi) is 3.68. The molecule has 2 heterocycles. The zero-order valence-corrected chi connectivity index (χ0v) is 12.0. The van der Waals surface area contributed by atoms with Gasteiger partial charge in [-0.1, -0.05) is 12.1 Å². The summed E-state index contributed by atoms with van der Waals surface area (Å²) >= 11 is 1.16. The summed E-state index contributed by atoms with van der Waals surface area (Å²) in [6, 6.07) is 5.74. The van der Waals surface area contributed by atoms with Gasteiger partial charge in [-0.15, -0.1) is 11.3 Å². The van der Waals surface area contributed by atoms with Gasteiger partial charge in [-0.25, -0.2) is 8.91 Å². The van der Waals surface area contributed by atoms with Crippen LogP contribution in [0.15, 0.2) is 34.4 Å². The maximum atomic E-state index is 12.9. The van der Waals surface area contributed by atoms with E-state index in [1.807, 2.05) is 0 Å². The highest BCUT2D eigenvalue weighted by Crippen LogP contribution is 2.13. The SMILES string of the molecule is O=C(O)Cc1csc2nc(=O)c(Cc3ccc(F)cc3)nn12. The molecule has 0 fully saturated rings. The quantitative estimate of drug-likeness (QED) is 0.788. The van der Waals surface area contributed by atoms with Crippen LogP contribution in [0, 0.1) is 5.82 Å². The molecule has 0 bridgehead atoms. The van der Waals surface area contributed by atoms with Gasteiger partial charge in [0.15, 0.2) is 0 Å². The van der Waals surface area contributed by atoms with Crippen molar-refractivity contribution in [1.82, 2.24) is 14.6 Å². The van der Waals surface area contributed by atoms with Gasteiger partial charge in [-0.05, 0) is 17.7 Å². The number of nitrogens with zero attached hydrogens (tertiary/aromatic N) is 3. The molecule has 0 radical (unpaired) electrons. The molecule has 0 atom stereocenters. The molecule has 0 saturated heterocycles. The lowest BCUT2D eigenvalue weighted by molar-refractivity contribution is -0.136. The molecule has 0 spiro atoms. The number of halogens is 1. The largest absolute Gasteiger partial charge is 0.481 e. The maximum Gasteiger partial charge on any atom is 0.309 e. The molecule has 3 rings (SSSR count). The number of benzene rings is 1. The Bertz CT molecular complexity index is 902. The van der Waals surface area contributed by atoms with Crippen LogP contribution < -0.4 is 5.56 Å². The van der Waals surface area contributed by atoms with Gasteiger partial charge >= 0.3 is 5.97 Å². The fourth-order valence-corrected chi connectivity index (χ4v) is 2.84. The van der Waals surface area contributed by atoms with Gasteiger partial charge in [0.2, 0.25) is 4.96 Å². The molecule has 8 heteroatoms. The van der Waals surface area contributed by atoms with Crippen molar-refractivity contribution in [3.63, 3.8) is 0 Å². The zero-order valence-electron chi connectivity index (χ0n) is 11.2.